The highest BCUT2D eigenvalue weighted by Crippen LogP contribution is 2.24. The van der Waals surface area contributed by atoms with Crippen LogP contribution in [0.4, 0.5) is 5.69 Å². The molecule has 6 heteroatoms. The van der Waals surface area contributed by atoms with Crippen molar-refractivity contribution in [3.05, 3.63) is 59.4 Å². The van der Waals surface area contributed by atoms with Crippen LogP contribution in [-0.4, -0.2) is 21.5 Å². The molecule has 1 saturated heterocycles. The van der Waals surface area contributed by atoms with E-state index >= 15 is 0 Å². The van der Waals surface area contributed by atoms with Gasteiger partial charge in [-0.05, 0) is 70.3 Å². The van der Waals surface area contributed by atoms with Crippen LogP contribution in [-0.2, 0) is 15.1 Å². The van der Waals surface area contributed by atoms with Gasteiger partial charge in [0.05, 0.1) is 5.69 Å². The lowest BCUT2D eigenvalue weighted by Crippen LogP contribution is -2.54. The van der Waals surface area contributed by atoms with Crippen molar-refractivity contribution in [3.8, 4) is 0 Å². The van der Waals surface area contributed by atoms with Gasteiger partial charge in [-0.2, -0.15) is 0 Å². The predicted octanol–water partition coefficient (Wildman–Crippen LogP) is 3.38. The number of nitrogens with zero attached hydrogens (tertiary/aromatic N) is 2. The Kier molecular flexibility index (Phi) is 4.54. The van der Waals surface area contributed by atoms with Gasteiger partial charge in [-0.3, -0.25) is 19.8 Å². The first-order valence-electron chi connectivity index (χ1n) is 8.34. The molecule has 0 unspecified atom stereocenters. The Labute approximate surface area is 158 Å². The van der Waals surface area contributed by atoms with Gasteiger partial charge in [0.2, 0.25) is 0 Å². The summed E-state index contributed by atoms with van der Waals surface area (Å²) in [6, 6.07) is 11.2. The standard InChI is InChI=1S/C20H21N3O2S/c1-13-7-9-14(10-8-13)23-18(25)16(17(24)21-19(23)26)12-15-6-5-11-22(15)20(2,3)4/h5-12H,1-4H3,(H,21,24,26). The van der Waals surface area contributed by atoms with Crippen LogP contribution in [0.25, 0.3) is 6.08 Å². The molecular weight excluding hydrogens is 346 g/mol. The van der Waals surface area contributed by atoms with Crippen LogP contribution in [0.15, 0.2) is 48.2 Å². The number of nitrogens with one attached hydrogen (secondary N) is 1. The van der Waals surface area contributed by atoms with Crippen LogP contribution >= 0.6 is 12.2 Å². The summed E-state index contributed by atoms with van der Waals surface area (Å²) in [7, 11) is 0. The summed E-state index contributed by atoms with van der Waals surface area (Å²) in [5.41, 5.74) is 2.38. The molecule has 0 spiro atoms. The van der Waals surface area contributed by atoms with Crippen molar-refractivity contribution in [2.75, 3.05) is 4.90 Å². The Hall–Kier alpha value is -2.73. The zero-order valence-corrected chi connectivity index (χ0v) is 16.1. The van der Waals surface area contributed by atoms with Crippen LogP contribution in [0.1, 0.15) is 32.0 Å². The number of hydrogen-bond acceptors (Lipinski definition) is 3. The molecule has 0 atom stereocenters. The molecule has 5 nitrogen and oxygen atoms in total. The van der Waals surface area contributed by atoms with E-state index in [1.165, 1.54) is 4.90 Å². The van der Waals surface area contributed by atoms with Gasteiger partial charge in [-0.1, -0.05) is 17.7 Å². The number of hydrogen-bond donors (Lipinski definition) is 1. The molecular formula is C20H21N3O2S. The maximum absolute atomic E-state index is 13.0. The maximum atomic E-state index is 13.0. The second-order valence-electron chi connectivity index (χ2n) is 7.27. The Morgan fingerprint density at radius 1 is 1.08 bits per heavy atom. The molecule has 1 aliphatic heterocycles. The molecule has 3 rings (SSSR count). The third-order valence-corrected chi connectivity index (χ3v) is 4.47. The monoisotopic (exact) mass is 367 g/mol. The molecule has 1 aromatic carbocycles. The second-order valence-corrected chi connectivity index (χ2v) is 7.65. The second kappa shape index (κ2) is 6.53. The Morgan fingerprint density at radius 3 is 2.35 bits per heavy atom. The zero-order chi connectivity index (χ0) is 19.1. The van der Waals surface area contributed by atoms with E-state index < -0.39 is 11.8 Å². The van der Waals surface area contributed by atoms with E-state index in [9.17, 15) is 9.59 Å². The predicted molar refractivity (Wildman–Crippen MR) is 107 cm³/mol. The van der Waals surface area contributed by atoms with Gasteiger partial charge in [0.15, 0.2) is 5.11 Å². The molecule has 0 aliphatic carbocycles. The number of benzene rings is 1. The highest BCUT2D eigenvalue weighted by Gasteiger charge is 2.34. The van der Waals surface area contributed by atoms with Crippen molar-refractivity contribution in [2.45, 2.75) is 33.2 Å². The molecule has 0 saturated carbocycles. The third-order valence-electron chi connectivity index (χ3n) is 4.19. The molecule has 0 bridgehead atoms. The molecule has 2 aromatic rings. The fraction of sp³-hybridized carbons (Fsp3) is 0.250. The summed E-state index contributed by atoms with van der Waals surface area (Å²) < 4.78 is 2.02. The van der Waals surface area contributed by atoms with Gasteiger partial charge in [-0.25, -0.2) is 0 Å². The van der Waals surface area contributed by atoms with Crippen LogP contribution in [0.2, 0.25) is 0 Å². The summed E-state index contributed by atoms with van der Waals surface area (Å²) in [6.45, 7) is 8.15. The van der Waals surface area contributed by atoms with Crippen molar-refractivity contribution in [1.29, 1.82) is 0 Å². The fourth-order valence-electron chi connectivity index (χ4n) is 2.86. The third kappa shape index (κ3) is 3.32. The van der Waals surface area contributed by atoms with Gasteiger partial charge in [0.25, 0.3) is 11.8 Å². The molecule has 0 radical (unpaired) electrons. The van der Waals surface area contributed by atoms with E-state index in [0.29, 0.717) is 5.69 Å². The van der Waals surface area contributed by atoms with Crippen molar-refractivity contribution in [3.63, 3.8) is 0 Å². The molecule has 134 valence electrons. The van der Waals surface area contributed by atoms with Gasteiger partial charge in [0, 0.05) is 17.4 Å². The van der Waals surface area contributed by atoms with Crippen molar-refractivity contribution >= 4 is 40.9 Å². The molecule has 2 amide bonds. The zero-order valence-electron chi connectivity index (χ0n) is 15.2. The number of thiocarbonyl (C=S) groups is 1. The van der Waals surface area contributed by atoms with Crippen LogP contribution in [0.5, 0.6) is 0 Å². The summed E-state index contributed by atoms with van der Waals surface area (Å²) in [5.74, 6) is -0.908. The highest BCUT2D eigenvalue weighted by atomic mass is 32.1. The molecule has 1 N–H and O–H groups in total. The number of rotatable bonds is 2. The maximum Gasteiger partial charge on any atom is 0.270 e. The number of carbonyl (C=O) groups excluding carboxylic acids is 2. The van der Waals surface area contributed by atoms with Crippen LogP contribution < -0.4 is 10.2 Å². The Morgan fingerprint density at radius 2 is 1.73 bits per heavy atom. The van der Waals surface area contributed by atoms with Crippen molar-refractivity contribution < 1.29 is 9.59 Å². The minimum Gasteiger partial charge on any atom is -0.343 e. The fourth-order valence-corrected chi connectivity index (χ4v) is 3.14. The van der Waals surface area contributed by atoms with E-state index in [2.05, 4.69) is 26.1 Å². The summed E-state index contributed by atoms with van der Waals surface area (Å²) in [6.07, 6.45) is 3.55. The Balaban J connectivity index is 2.04. The molecule has 2 heterocycles. The van der Waals surface area contributed by atoms with E-state index in [1.54, 1.807) is 6.08 Å². The minimum absolute atomic E-state index is 0.0587. The smallest absolute Gasteiger partial charge is 0.270 e. The molecule has 1 aliphatic rings. The normalized spacial score (nSPS) is 17.0. The van der Waals surface area contributed by atoms with E-state index in [4.69, 9.17) is 12.2 Å². The Bertz CT molecular complexity index is 917. The molecule has 26 heavy (non-hydrogen) atoms. The average Bonchev–Trinajstić information content (AvgIpc) is 3.01. The van der Waals surface area contributed by atoms with Crippen LogP contribution in [0.3, 0.4) is 0 Å². The number of aryl methyl sites for hydroxylation is 1. The minimum atomic E-state index is -0.481. The summed E-state index contributed by atoms with van der Waals surface area (Å²) >= 11 is 5.22. The van der Waals surface area contributed by atoms with Gasteiger partial charge in [0.1, 0.15) is 5.57 Å². The lowest BCUT2D eigenvalue weighted by atomic mass is 10.1. The van der Waals surface area contributed by atoms with Crippen molar-refractivity contribution in [1.82, 2.24) is 9.88 Å². The number of aromatic nitrogens is 1. The number of carbonyl (C=O) groups is 2. The van der Waals surface area contributed by atoms with Gasteiger partial charge in [-0.15, -0.1) is 0 Å². The molecule has 1 fully saturated rings. The average molecular weight is 367 g/mol. The van der Waals surface area contributed by atoms with E-state index in [1.807, 2.05) is 54.1 Å². The lowest BCUT2D eigenvalue weighted by Gasteiger charge is -2.29. The number of amides is 2. The van der Waals surface area contributed by atoms with E-state index in [-0.39, 0.29) is 16.2 Å². The van der Waals surface area contributed by atoms with E-state index in [0.717, 1.165) is 11.3 Å². The summed E-state index contributed by atoms with van der Waals surface area (Å²) in [4.78, 5) is 26.8. The first-order chi connectivity index (χ1) is 12.2. The quantitative estimate of drug-likeness (QED) is 0.503. The summed E-state index contributed by atoms with van der Waals surface area (Å²) in [5, 5.41) is 2.70. The first kappa shape index (κ1) is 18.1. The van der Waals surface area contributed by atoms with Gasteiger partial charge < -0.3 is 4.57 Å². The van der Waals surface area contributed by atoms with Gasteiger partial charge >= 0.3 is 0 Å². The van der Waals surface area contributed by atoms with Crippen molar-refractivity contribution in [2.24, 2.45) is 0 Å². The number of anilines is 1. The molecule has 1 aromatic heterocycles. The highest BCUT2D eigenvalue weighted by molar-refractivity contribution is 7.80. The topological polar surface area (TPSA) is 54.3 Å². The lowest BCUT2D eigenvalue weighted by molar-refractivity contribution is -0.122. The first-order valence-corrected chi connectivity index (χ1v) is 8.75. The van der Waals surface area contributed by atoms with Crippen LogP contribution in [0, 0.1) is 6.92 Å². The SMILES string of the molecule is Cc1ccc(N2C(=O)C(=Cc3cccn3C(C)(C)C)C(=O)NC2=S)cc1. The largest absolute Gasteiger partial charge is 0.343 e.